The Labute approximate surface area is 229 Å². The summed E-state index contributed by atoms with van der Waals surface area (Å²) in [5.74, 6) is -0.215. The van der Waals surface area contributed by atoms with E-state index in [1.807, 2.05) is 18.2 Å². The highest BCUT2D eigenvalue weighted by molar-refractivity contribution is 7.99. The van der Waals surface area contributed by atoms with Gasteiger partial charge < -0.3 is 10.6 Å². The minimum atomic E-state index is -0.219. The van der Waals surface area contributed by atoms with Crippen molar-refractivity contribution in [1.82, 2.24) is 14.9 Å². The van der Waals surface area contributed by atoms with Crippen molar-refractivity contribution in [3.05, 3.63) is 99.3 Å². The van der Waals surface area contributed by atoms with E-state index >= 15 is 0 Å². The molecular formula is C29H27ClN4O3S. The highest BCUT2D eigenvalue weighted by Gasteiger charge is 2.18. The molecule has 1 aliphatic carbocycles. The molecule has 1 fully saturated rings. The third-order valence-electron chi connectivity index (χ3n) is 6.53. The van der Waals surface area contributed by atoms with E-state index in [9.17, 15) is 14.4 Å². The fourth-order valence-corrected chi connectivity index (χ4v) is 5.47. The number of amides is 2. The Morgan fingerprint density at radius 2 is 1.68 bits per heavy atom. The Kier molecular flexibility index (Phi) is 8.10. The zero-order valence-corrected chi connectivity index (χ0v) is 22.2. The highest BCUT2D eigenvalue weighted by atomic mass is 35.5. The molecule has 9 heteroatoms. The van der Waals surface area contributed by atoms with E-state index < -0.39 is 0 Å². The summed E-state index contributed by atoms with van der Waals surface area (Å²) in [5, 5.41) is 7.47. The van der Waals surface area contributed by atoms with Gasteiger partial charge in [0.25, 0.3) is 11.5 Å². The number of aromatic nitrogens is 2. The van der Waals surface area contributed by atoms with Gasteiger partial charge in [0.2, 0.25) is 5.91 Å². The molecular weight excluding hydrogens is 520 g/mol. The maximum atomic E-state index is 13.4. The van der Waals surface area contributed by atoms with Crippen LogP contribution >= 0.6 is 23.4 Å². The zero-order valence-electron chi connectivity index (χ0n) is 20.7. The molecule has 1 aromatic heterocycles. The molecule has 1 saturated carbocycles. The smallest absolute Gasteiger partial charge is 0.262 e. The molecule has 0 aliphatic heterocycles. The summed E-state index contributed by atoms with van der Waals surface area (Å²) in [5.41, 5.74) is 2.49. The maximum Gasteiger partial charge on any atom is 0.262 e. The monoisotopic (exact) mass is 546 g/mol. The van der Waals surface area contributed by atoms with E-state index in [0.717, 1.165) is 31.2 Å². The number of fused-ring (bicyclic) bond motifs is 1. The molecule has 0 saturated heterocycles. The number of hydrogen-bond acceptors (Lipinski definition) is 5. The van der Waals surface area contributed by atoms with Crippen molar-refractivity contribution in [3.63, 3.8) is 0 Å². The predicted octanol–water partition coefficient (Wildman–Crippen LogP) is 5.50. The molecule has 3 aromatic carbocycles. The van der Waals surface area contributed by atoms with Crippen LogP contribution in [-0.2, 0) is 11.3 Å². The quantitative estimate of drug-likeness (QED) is 0.225. The summed E-state index contributed by atoms with van der Waals surface area (Å²) >= 11 is 7.12. The summed E-state index contributed by atoms with van der Waals surface area (Å²) in [4.78, 5) is 43.3. The van der Waals surface area contributed by atoms with Crippen molar-refractivity contribution in [1.29, 1.82) is 0 Å². The normalized spacial score (nSPS) is 13.5. The van der Waals surface area contributed by atoms with Crippen molar-refractivity contribution in [2.45, 2.75) is 43.4 Å². The summed E-state index contributed by atoms with van der Waals surface area (Å²) < 4.78 is 1.58. The zero-order chi connectivity index (χ0) is 26.5. The van der Waals surface area contributed by atoms with Crippen molar-refractivity contribution in [2.75, 3.05) is 11.1 Å². The van der Waals surface area contributed by atoms with Crippen LogP contribution in [0.5, 0.6) is 0 Å². The lowest BCUT2D eigenvalue weighted by molar-refractivity contribution is -0.113. The summed E-state index contributed by atoms with van der Waals surface area (Å²) in [7, 11) is 0. The van der Waals surface area contributed by atoms with Crippen LogP contribution < -0.4 is 16.2 Å². The molecule has 0 bridgehead atoms. The minimum Gasteiger partial charge on any atom is -0.349 e. The first-order valence-corrected chi connectivity index (χ1v) is 13.9. The fraction of sp³-hybridized carbons (Fsp3) is 0.241. The van der Waals surface area contributed by atoms with E-state index in [1.165, 1.54) is 11.8 Å². The van der Waals surface area contributed by atoms with Crippen LogP contribution in [0.2, 0.25) is 5.02 Å². The number of hydrogen-bond donors (Lipinski definition) is 2. The minimum absolute atomic E-state index is 0.0732. The third kappa shape index (κ3) is 6.26. The molecule has 1 aliphatic rings. The molecule has 0 atom stereocenters. The van der Waals surface area contributed by atoms with Crippen LogP contribution in [-0.4, -0.2) is 33.2 Å². The molecule has 0 spiro atoms. The van der Waals surface area contributed by atoms with Crippen LogP contribution in [0.4, 0.5) is 5.69 Å². The second-order valence-corrected chi connectivity index (χ2v) is 10.7. The largest absolute Gasteiger partial charge is 0.349 e. The van der Waals surface area contributed by atoms with Crippen LogP contribution in [0.25, 0.3) is 10.9 Å². The van der Waals surface area contributed by atoms with Gasteiger partial charge in [0, 0.05) is 22.3 Å². The van der Waals surface area contributed by atoms with Crippen LogP contribution in [0.15, 0.2) is 82.7 Å². The topological polar surface area (TPSA) is 93.1 Å². The van der Waals surface area contributed by atoms with Crippen molar-refractivity contribution in [3.8, 4) is 0 Å². The molecule has 4 aromatic rings. The standard InChI is InChI=1S/C29H27ClN4O3S/c30-21-13-15-23(16-14-21)31-26(35)18-38-29-33-25-8-4-3-7-24(25)28(37)34(29)17-19-9-11-20(12-10-19)27(36)32-22-5-1-2-6-22/h3-4,7-16,22H,1-2,5-6,17-18H2,(H,31,35)(H,32,36). The number of nitrogens with zero attached hydrogens (tertiary/aromatic N) is 2. The Morgan fingerprint density at radius 1 is 0.974 bits per heavy atom. The predicted molar refractivity (Wildman–Crippen MR) is 152 cm³/mol. The van der Waals surface area contributed by atoms with Gasteiger partial charge in [-0.15, -0.1) is 0 Å². The van der Waals surface area contributed by atoms with Gasteiger partial charge in [-0.25, -0.2) is 4.98 Å². The molecule has 0 radical (unpaired) electrons. The van der Waals surface area contributed by atoms with Crippen LogP contribution in [0.3, 0.4) is 0 Å². The second-order valence-electron chi connectivity index (χ2n) is 9.30. The Morgan fingerprint density at radius 3 is 2.42 bits per heavy atom. The molecule has 5 rings (SSSR count). The van der Waals surface area contributed by atoms with E-state index in [1.54, 1.807) is 59.2 Å². The molecule has 2 N–H and O–H groups in total. The number of benzene rings is 3. The number of thioether (sulfide) groups is 1. The van der Waals surface area contributed by atoms with Gasteiger partial charge >= 0.3 is 0 Å². The van der Waals surface area contributed by atoms with Gasteiger partial charge in [0.15, 0.2) is 5.16 Å². The first-order chi connectivity index (χ1) is 18.5. The number of anilines is 1. The summed E-state index contributed by atoms with van der Waals surface area (Å²) in [6, 6.07) is 21.6. The first-order valence-electron chi connectivity index (χ1n) is 12.5. The average Bonchev–Trinajstić information content (AvgIpc) is 3.44. The van der Waals surface area contributed by atoms with Crippen molar-refractivity contribution >= 4 is 51.8 Å². The molecule has 194 valence electrons. The fourth-order valence-electron chi connectivity index (χ4n) is 4.54. The van der Waals surface area contributed by atoms with Gasteiger partial charge in [-0.05, 0) is 66.9 Å². The summed E-state index contributed by atoms with van der Waals surface area (Å²) in [6.45, 7) is 0.266. The molecule has 1 heterocycles. The van der Waals surface area contributed by atoms with E-state index in [-0.39, 0.29) is 35.7 Å². The lowest BCUT2D eigenvalue weighted by Crippen LogP contribution is -2.32. The second kappa shape index (κ2) is 11.8. The van der Waals surface area contributed by atoms with E-state index in [4.69, 9.17) is 16.6 Å². The molecule has 0 unspecified atom stereocenters. The lowest BCUT2D eigenvalue weighted by Gasteiger charge is -2.14. The van der Waals surface area contributed by atoms with Gasteiger partial charge in [0.05, 0.1) is 23.2 Å². The first kappa shape index (κ1) is 26.0. The highest BCUT2D eigenvalue weighted by Crippen LogP contribution is 2.21. The Hall–Kier alpha value is -3.62. The van der Waals surface area contributed by atoms with Crippen molar-refractivity contribution in [2.24, 2.45) is 0 Å². The van der Waals surface area contributed by atoms with Gasteiger partial charge in [-0.3, -0.25) is 19.0 Å². The Bertz CT molecular complexity index is 1510. The lowest BCUT2D eigenvalue weighted by atomic mass is 10.1. The third-order valence-corrected chi connectivity index (χ3v) is 7.76. The number of para-hydroxylation sites is 1. The number of rotatable bonds is 8. The number of carbonyl (C=O) groups excluding carboxylic acids is 2. The van der Waals surface area contributed by atoms with Crippen LogP contribution in [0, 0.1) is 0 Å². The van der Waals surface area contributed by atoms with Gasteiger partial charge in [-0.2, -0.15) is 0 Å². The van der Waals surface area contributed by atoms with Gasteiger partial charge in [0.1, 0.15) is 0 Å². The molecule has 2 amide bonds. The maximum absolute atomic E-state index is 13.4. The number of nitrogens with one attached hydrogen (secondary N) is 2. The van der Waals surface area contributed by atoms with Crippen molar-refractivity contribution < 1.29 is 9.59 Å². The van der Waals surface area contributed by atoms with Crippen LogP contribution in [0.1, 0.15) is 41.6 Å². The number of carbonyl (C=O) groups is 2. The Balaban J connectivity index is 1.34. The molecule has 38 heavy (non-hydrogen) atoms. The average molecular weight is 547 g/mol. The van der Waals surface area contributed by atoms with Gasteiger partial charge in [-0.1, -0.05) is 60.5 Å². The van der Waals surface area contributed by atoms with E-state index in [2.05, 4.69) is 10.6 Å². The summed E-state index contributed by atoms with van der Waals surface area (Å²) in [6.07, 6.45) is 4.36. The SMILES string of the molecule is O=C(CSc1nc2ccccc2c(=O)n1Cc1ccc(C(=O)NC2CCCC2)cc1)Nc1ccc(Cl)cc1. The van der Waals surface area contributed by atoms with E-state index in [0.29, 0.717) is 32.3 Å². The molecule has 7 nitrogen and oxygen atoms in total. The number of halogens is 1.